The van der Waals surface area contributed by atoms with Gasteiger partial charge < -0.3 is 4.90 Å². The minimum atomic E-state index is -0.945. The van der Waals surface area contributed by atoms with Crippen LogP contribution in [0.5, 0.6) is 0 Å². The molecule has 3 aromatic rings. The van der Waals surface area contributed by atoms with Crippen molar-refractivity contribution in [3.63, 3.8) is 0 Å². The van der Waals surface area contributed by atoms with Gasteiger partial charge in [0.1, 0.15) is 11.9 Å². The van der Waals surface area contributed by atoms with E-state index < -0.39 is 17.8 Å². The van der Waals surface area contributed by atoms with Crippen molar-refractivity contribution < 1.29 is 18.8 Å². The summed E-state index contributed by atoms with van der Waals surface area (Å²) in [6, 6.07) is 20.4. The lowest BCUT2D eigenvalue weighted by Crippen LogP contribution is -2.45. The first-order valence-corrected chi connectivity index (χ1v) is 10.5. The van der Waals surface area contributed by atoms with Crippen LogP contribution < -0.4 is 4.90 Å². The molecule has 5 nitrogen and oxygen atoms in total. The van der Waals surface area contributed by atoms with Crippen LogP contribution in [0, 0.1) is 5.82 Å². The van der Waals surface area contributed by atoms with Crippen LogP contribution in [0.4, 0.5) is 10.1 Å². The second kappa shape index (κ2) is 9.32. The Bertz CT molecular complexity index is 1130. The van der Waals surface area contributed by atoms with Crippen LogP contribution in [0.25, 0.3) is 0 Å². The standard InChI is InChI=1S/C25H20ClFN2O3/c26-19-8-12-21(13-9-19)29-24(31)15-22(25(29)32)28(16-18-6-10-20(27)11-7-18)23(30)14-17-4-2-1-3-5-17/h1-13,22H,14-16H2. The van der Waals surface area contributed by atoms with E-state index in [0.717, 1.165) is 10.5 Å². The first-order valence-electron chi connectivity index (χ1n) is 10.1. The molecule has 32 heavy (non-hydrogen) atoms. The summed E-state index contributed by atoms with van der Waals surface area (Å²) in [5.41, 5.74) is 1.87. The summed E-state index contributed by atoms with van der Waals surface area (Å²) in [6.45, 7) is 0.0874. The number of nitrogens with zero attached hydrogens (tertiary/aromatic N) is 2. The fourth-order valence-electron chi connectivity index (χ4n) is 3.75. The number of imide groups is 1. The average molecular weight is 451 g/mol. The van der Waals surface area contributed by atoms with Crippen molar-refractivity contribution in [1.29, 1.82) is 0 Å². The highest BCUT2D eigenvalue weighted by Crippen LogP contribution is 2.28. The highest BCUT2D eigenvalue weighted by Gasteiger charge is 2.44. The second-order valence-electron chi connectivity index (χ2n) is 7.57. The number of carbonyl (C=O) groups is 3. The predicted octanol–water partition coefficient (Wildman–Crippen LogP) is 4.38. The van der Waals surface area contributed by atoms with Crippen molar-refractivity contribution >= 4 is 35.0 Å². The molecule has 4 rings (SSSR count). The Hall–Kier alpha value is -3.51. The van der Waals surface area contributed by atoms with E-state index in [9.17, 15) is 18.8 Å². The van der Waals surface area contributed by atoms with Gasteiger partial charge in [-0.3, -0.25) is 14.4 Å². The van der Waals surface area contributed by atoms with E-state index in [1.807, 2.05) is 30.3 Å². The summed E-state index contributed by atoms with van der Waals surface area (Å²) in [5.74, 6) is -1.54. The first-order chi connectivity index (χ1) is 15.4. The first kappa shape index (κ1) is 21.7. The third-order valence-electron chi connectivity index (χ3n) is 5.37. The predicted molar refractivity (Wildman–Crippen MR) is 119 cm³/mol. The third-order valence-corrected chi connectivity index (χ3v) is 5.62. The number of benzene rings is 3. The maximum atomic E-state index is 13.4. The van der Waals surface area contributed by atoms with Crippen LogP contribution in [-0.2, 0) is 27.3 Å². The van der Waals surface area contributed by atoms with E-state index in [4.69, 9.17) is 11.6 Å². The zero-order chi connectivity index (χ0) is 22.7. The van der Waals surface area contributed by atoms with Crippen LogP contribution in [0.1, 0.15) is 17.5 Å². The molecule has 0 bridgehead atoms. The number of halogens is 2. The van der Waals surface area contributed by atoms with Crippen molar-refractivity contribution in [3.8, 4) is 0 Å². The molecule has 0 saturated carbocycles. The van der Waals surface area contributed by atoms with Gasteiger partial charge in [0.05, 0.1) is 18.5 Å². The number of rotatable bonds is 6. The molecule has 0 aromatic heterocycles. The molecular weight excluding hydrogens is 431 g/mol. The average Bonchev–Trinajstić information content (AvgIpc) is 3.08. The van der Waals surface area contributed by atoms with Crippen molar-refractivity contribution in [1.82, 2.24) is 4.90 Å². The molecule has 1 aliphatic heterocycles. The SMILES string of the molecule is O=C1CC(N(Cc2ccc(F)cc2)C(=O)Cc2ccccc2)C(=O)N1c1ccc(Cl)cc1. The van der Waals surface area contributed by atoms with E-state index in [1.54, 1.807) is 36.4 Å². The highest BCUT2D eigenvalue weighted by molar-refractivity contribution is 6.30. The van der Waals surface area contributed by atoms with Gasteiger partial charge in [0, 0.05) is 11.6 Å². The monoisotopic (exact) mass is 450 g/mol. The Balaban J connectivity index is 1.63. The fourth-order valence-corrected chi connectivity index (χ4v) is 3.88. The molecule has 1 aliphatic rings. The second-order valence-corrected chi connectivity index (χ2v) is 8.01. The van der Waals surface area contributed by atoms with Gasteiger partial charge in [-0.05, 0) is 47.5 Å². The molecule has 0 radical (unpaired) electrons. The zero-order valence-corrected chi connectivity index (χ0v) is 17.8. The lowest BCUT2D eigenvalue weighted by Gasteiger charge is -2.28. The van der Waals surface area contributed by atoms with Gasteiger partial charge in [-0.15, -0.1) is 0 Å². The Labute approximate surface area is 190 Å². The van der Waals surface area contributed by atoms with Gasteiger partial charge in [-0.25, -0.2) is 9.29 Å². The quantitative estimate of drug-likeness (QED) is 0.523. The Kier molecular flexibility index (Phi) is 6.32. The number of hydrogen-bond donors (Lipinski definition) is 0. The fraction of sp³-hybridized carbons (Fsp3) is 0.160. The largest absolute Gasteiger partial charge is 0.325 e. The van der Waals surface area contributed by atoms with E-state index in [0.29, 0.717) is 16.3 Å². The number of carbonyl (C=O) groups excluding carboxylic acids is 3. The summed E-state index contributed by atoms with van der Waals surface area (Å²) in [7, 11) is 0. The molecule has 0 aliphatic carbocycles. The van der Waals surface area contributed by atoms with Crippen LogP contribution in [0.3, 0.4) is 0 Å². The van der Waals surface area contributed by atoms with Crippen molar-refractivity contribution in [3.05, 3.63) is 101 Å². The maximum absolute atomic E-state index is 13.4. The Morgan fingerprint density at radius 2 is 1.59 bits per heavy atom. The van der Waals surface area contributed by atoms with E-state index in [1.165, 1.54) is 17.0 Å². The van der Waals surface area contributed by atoms with Crippen LogP contribution in [0.2, 0.25) is 5.02 Å². The van der Waals surface area contributed by atoms with E-state index in [2.05, 4.69) is 0 Å². The molecule has 0 spiro atoms. The highest BCUT2D eigenvalue weighted by atomic mass is 35.5. The molecule has 3 amide bonds. The van der Waals surface area contributed by atoms with Gasteiger partial charge in [0.15, 0.2) is 0 Å². The molecule has 1 atom stereocenters. The Morgan fingerprint density at radius 1 is 0.938 bits per heavy atom. The molecule has 7 heteroatoms. The van der Waals surface area contributed by atoms with Gasteiger partial charge in [0.2, 0.25) is 11.8 Å². The zero-order valence-electron chi connectivity index (χ0n) is 17.1. The van der Waals surface area contributed by atoms with E-state index in [-0.39, 0.29) is 31.2 Å². The summed E-state index contributed by atoms with van der Waals surface area (Å²) in [4.78, 5) is 41.8. The molecule has 1 heterocycles. The minimum absolute atomic E-state index is 0.0843. The van der Waals surface area contributed by atoms with Gasteiger partial charge in [-0.2, -0.15) is 0 Å². The summed E-state index contributed by atoms with van der Waals surface area (Å²) < 4.78 is 13.4. The van der Waals surface area contributed by atoms with Crippen LogP contribution >= 0.6 is 11.6 Å². The molecule has 162 valence electrons. The lowest BCUT2D eigenvalue weighted by molar-refractivity contribution is -0.138. The Morgan fingerprint density at radius 3 is 2.25 bits per heavy atom. The van der Waals surface area contributed by atoms with Gasteiger partial charge in [0.25, 0.3) is 5.91 Å². The molecule has 0 N–H and O–H groups in total. The molecule has 1 saturated heterocycles. The van der Waals surface area contributed by atoms with Crippen molar-refractivity contribution in [2.75, 3.05) is 4.90 Å². The lowest BCUT2D eigenvalue weighted by atomic mass is 10.1. The van der Waals surface area contributed by atoms with Crippen molar-refractivity contribution in [2.45, 2.75) is 25.4 Å². The summed E-state index contributed by atoms with van der Waals surface area (Å²) >= 11 is 5.92. The van der Waals surface area contributed by atoms with Gasteiger partial charge >= 0.3 is 0 Å². The normalized spacial score (nSPS) is 15.8. The van der Waals surface area contributed by atoms with Crippen LogP contribution in [0.15, 0.2) is 78.9 Å². The van der Waals surface area contributed by atoms with Gasteiger partial charge in [-0.1, -0.05) is 54.1 Å². The molecule has 1 unspecified atom stereocenters. The number of hydrogen-bond acceptors (Lipinski definition) is 3. The smallest absolute Gasteiger partial charge is 0.257 e. The number of anilines is 1. The third kappa shape index (κ3) is 4.70. The maximum Gasteiger partial charge on any atom is 0.257 e. The minimum Gasteiger partial charge on any atom is -0.325 e. The summed E-state index contributed by atoms with van der Waals surface area (Å²) in [5, 5.41) is 0.486. The molecule has 1 fully saturated rings. The topological polar surface area (TPSA) is 57.7 Å². The van der Waals surface area contributed by atoms with Crippen molar-refractivity contribution in [2.24, 2.45) is 0 Å². The molecule has 3 aromatic carbocycles. The molecular formula is C25H20ClFN2O3. The summed E-state index contributed by atoms with van der Waals surface area (Å²) in [6.07, 6.45) is -0.0376. The number of amides is 3. The van der Waals surface area contributed by atoms with E-state index >= 15 is 0 Å². The van der Waals surface area contributed by atoms with Crippen LogP contribution in [-0.4, -0.2) is 28.7 Å².